The zero-order chi connectivity index (χ0) is 12.5. The molecule has 0 N–H and O–H groups in total. The molecule has 2 unspecified atom stereocenters. The summed E-state index contributed by atoms with van der Waals surface area (Å²) in [4.78, 5) is 23.2. The molecule has 0 amide bonds. The highest BCUT2D eigenvalue weighted by atomic mass is 16.5. The van der Waals surface area contributed by atoms with E-state index in [4.69, 9.17) is 4.74 Å². The van der Waals surface area contributed by atoms with E-state index in [1.807, 2.05) is 0 Å². The van der Waals surface area contributed by atoms with Crippen LogP contribution in [0.2, 0.25) is 0 Å². The van der Waals surface area contributed by atoms with Crippen molar-refractivity contribution < 1.29 is 19.1 Å². The van der Waals surface area contributed by atoms with Crippen molar-refractivity contribution >= 4 is 11.9 Å². The van der Waals surface area contributed by atoms with Crippen LogP contribution < -0.4 is 0 Å². The molecule has 1 aliphatic carbocycles. The third-order valence-electron chi connectivity index (χ3n) is 3.31. The summed E-state index contributed by atoms with van der Waals surface area (Å²) in [7, 11) is 2.68. The minimum absolute atomic E-state index is 0.196. The lowest BCUT2D eigenvalue weighted by Crippen LogP contribution is -2.45. The summed E-state index contributed by atoms with van der Waals surface area (Å²) in [6, 6.07) is 0. The van der Waals surface area contributed by atoms with Gasteiger partial charge in [-0.2, -0.15) is 10.2 Å². The van der Waals surface area contributed by atoms with E-state index >= 15 is 0 Å². The maximum Gasteiger partial charge on any atom is 0.336 e. The van der Waals surface area contributed by atoms with Gasteiger partial charge in [0.05, 0.1) is 20.8 Å². The highest BCUT2D eigenvalue weighted by molar-refractivity contribution is 5.90. The van der Waals surface area contributed by atoms with E-state index in [1.165, 1.54) is 14.2 Å². The molecule has 6 nitrogen and oxygen atoms in total. The highest BCUT2D eigenvalue weighted by Crippen LogP contribution is 2.41. The average Bonchev–Trinajstić information content (AvgIpc) is 2.80. The standard InChI is InChI=1S/C11H14N2O4/c1-16-9(14)7-3-4-11(10(15)17-2)8(5-7)6-12-13-11/h5,8H,3-4,6H2,1-2H3. The molecule has 0 saturated heterocycles. The molecule has 0 aromatic rings. The molecule has 0 aromatic carbocycles. The Bertz CT molecular complexity index is 416. The molecular formula is C11H14N2O4. The monoisotopic (exact) mass is 238 g/mol. The average molecular weight is 238 g/mol. The first-order chi connectivity index (χ1) is 8.14. The lowest BCUT2D eigenvalue weighted by atomic mass is 9.75. The first-order valence-corrected chi connectivity index (χ1v) is 5.40. The Kier molecular flexibility index (Phi) is 2.95. The number of methoxy groups -OCH3 is 2. The van der Waals surface area contributed by atoms with Crippen molar-refractivity contribution in [3.05, 3.63) is 11.6 Å². The Morgan fingerprint density at radius 1 is 1.41 bits per heavy atom. The van der Waals surface area contributed by atoms with Gasteiger partial charge in [0.1, 0.15) is 0 Å². The summed E-state index contributed by atoms with van der Waals surface area (Å²) in [5, 5.41) is 7.95. The molecule has 1 aliphatic heterocycles. The van der Waals surface area contributed by atoms with Crippen LogP contribution in [0, 0.1) is 5.92 Å². The number of fused-ring (bicyclic) bond motifs is 1. The van der Waals surface area contributed by atoms with Gasteiger partial charge in [0.15, 0.2) is 5.54 Å². The highest BCUT2D eigenvalue weighted by Gasteiger charge is 2.51. The van der Waals surface area contributed by atoms with Crippen LogP contribution in [0.5, 0.6) is 0 Å². The molecule has 6 heteroatoms. The largest absolute Gasteiger partial charge is 0.467 e. The van der Waals surface area contributed by atoms with E-state index in [2.05, 4.69) is 15.0 Å². The van der Waals surface area contributed by atoms with Gasteiger partial charge in [-0.3, -0.25) is 0 Å². The molecule has 0 aromatic heterocycles. The number of hydrogen-bond donors (Lipinski definition) is 0. The van der Waals surface area contributed by atoms with Gasteiger partial charge in [-0.05, 0) is 12.8 Å². The van der Waals surface area contributed by atoms with Gasteiger partial charge < -0.3 is 9.47 Å². The molecule has 0 radical (unpaired) electrons. The van der Waals surface area contributed by atoms with E-state index in [0.29, 0.717) is 25.0 Å². The third kappa shape index (κ3) is 1.73. The first kappa shape index (κ1) is 11.8. The molecule has 1 heterocycles. The summed E-state index contributed by atoms with van der Waals surface area (Å²) < 4.78 is 9.45. The van der Waals surface area contributed by atoms with Gasteiger partial charge in [0.2, 0.25) is 0 Å². The number of azo groups is 1. The maximum atomic E-state index is 11.8. The van der Waals surface area contributed by atoms with Crippen molar-refractivity contribution in [2.75, 3.05) is 20.8 Å². The predicted octanol–water partition coefficient (Wildman–Crippen LogP) is 0.873. The van der Waals surface area contributed by atoms with E-state index in [0.717, 1.165) is 0 Å². The first-order valence-electron chi connectivity index (χ1n) is 5.40. The van der Waals surface area contributed by atoms with E-state index in [1.54, 1.807) is 6.08 Å². The number of carbonyl (C=O) groups excluding carboxylic acids is 2. The molecule has 2 atom stereocenters. The summed E-state index contributed by atoms with van der Waals surface area (Å²) in [6.45, 7) is 0.412. The number of rotatable bonds is 2. The van der Waals surface area contributed by atoms with Crippen molar-refractivity contribution in [1.29, 1.82) is 0 Å². The van der Waals surface area contributed by atoms with Crippen LogP contribution in [-0.4, -0.2) is 38.2 Å². The van der Waals surface area contributed by atoms with Crippen LogP contribution in [0.3, 0.4) is 0 Å². The fourth-order valence-electron chi connectivity index (χ4n) is 2.33. The second kappa shape index (κ2) is 4.27. The zero-order valence-electron chi connectivity index (χ0n) is 9.80. The van der Waals surface area contributed by atoms with Crippen LogP contribution in [-0.2, 0) is 19.1 Å². The van der Waals surface area contributed by atoms with E-state index in [9.17, 15) is 9.59 Å². The summed E-state index contributed by atoms with van der Waals surface area (Å²) in [5.74, 6) is -0.933. The van der Waals surface area contributed by atoms with Gasteiger partial charge in [-0.15, -0.1) is 0 Å². The second-order valence-electron chi connectivity index (χ2n) is 4.13. The Hall–Kier alpha value is -1.72. The lowest BCUT2D eigenvalue weighted by molar-refractivity contribution is -0.149. The SMILES string of the molecule is COC(=O)C1=CC2CN=NC2(C(=O)OC)CC1. The van der Waals surface area contributed by atoms with Gasteiger partial charge in [-0.25, -0.2) is 9.59 Å². The van der Waals surface area contributed by atoms with Crippen molar-refractivity contribution in [2.24, 2.45) is 16.1 Å². The van der Waals surface area contributed by atoms with E-state index < -0.39 is 5.54 Å². The van der Waals surface area contributed by atoms with Crippen LogP contribution in [0.4, 0.5) is 0 Å². The number of hydrogen-bond acceptors (Lipinski definition) is 6. The summed E-state index contributed by atoms with van der Waals surface area (Å²) in [5.41, 5.74) is -0.337. The van der Waals surface area contributed by atoms with Crippen molar-refractivity contribution in [3.63, 3.8) is 0 Å². The Labute approximate surface area is 98.7 Å². The topological polar surface area (TPSA) is 77.3 Å². The minimum Gasteiger partial charge on any atom is -0.467 e. The number of nitrogens with zero attached hydrogens (tertiary/aromatic N) is 2. The maximum absolute atomic E-state index is 11.8. The number of ether oxygens (including phenoxy) is 2. The number of carbonyl (C=O) groups is 2. The molecule has 0 saturated carbocycles. The van der Waals surface area contributed by atoms with Gasteiger partial charge >= 0.3 is 11.9 Å². The van der Waals surface area contributed by atoms with Crippen molar-refractivity contribution in [3.8, 4) is 0 Å². The Morgan fingerprint density at radius 2 is 2.18 bits per heavy atom. The van der Waals surface area contributed by atoms with E-state index in [-0.39, 0.29) is 17.9 Å². The minimum atomic E-state index is -0.924. The summed E-state index contributed by atoms with van der Waals surface area (Å²) in [6.07, 6.45) is 2.64. The molecule has 0 spiro atoms. The predicted molar refractivity (Wildman–Crippen MR) is 57.3 cm³/mol. The van der Waals surface area contributed by atoms with Crippen LogP contribution in [0.25, 0.3) is 0 Å². The van der Waals surface area contributed by atoms with Gasteiger partial charge in [0.25, 0.3) is 0 Å². The van der Waals surface area contributed by atoms with Crippen LogP contribution >= 0.6 is 0 Å². The molecule has 0 fully saturated rings. The fraction of sp³-hybridized carbons (Fsp3) is 0.636. The Morgan fingerprint density at radius 3 is 2.82 bits per heavy atom. The molecule has 17 heavy (non-hydrogen) atoms. The third-order valence-corrected chi connectivity index (χ3v) is 3.31. The zero-order valence-corrected chi connectivity index (χ0v) is 9.80. The van der Waals surface area contributed by atoms with Crippen LogP contribution in [0.1, 0.15) is 12.8 Å². The lowest BCUT2D eigenvalue weighted by Gasteiger charge is -2.31. The van der Waals surface area contributed by atoms with Crippen LogP contribution in [0.15, 0.2) is 21.9 Å². The second-order valence-corrected chi connectivity index (χ2v) is 4.13. The van der Waals surface area contributed by atoms with Gasteiger partial charge in [0, 0.05) is 11.5 Å². The number of esters is 2. The smallest absolute Gasteiger partial charge is 0.336 e. The normalized spacial score (nSPS) is 30.5. The van der Waals surface area contributed by atoms with Gasteiger partial charge in [-0.1, -0.05) is 6.08 Å². The fourth-order valence-corrected chi connectivity index (χ4v) is 2.33. The molecule has 2 aliphatic rings. The summed E-state index contributed by atoms with van der Waals surface area (Å²) >= 11 is 0. The Balaban J connectivity index is 2.28. The molecule has 0 bridgehead atoms. The molecule has 92 valence electrons. The van der Waals surface area contributed by atoms with Crippen molar-refractivity contribution in [1.82, 2.24) is 0 Å². The molecular weight excluding hydrogens is 224 g/mol. The molecule has 2 rings (SSSR count). The van der Waals surface area contributed by atoms with Crippen molar-refractivity contribution in [2.45, 2.75) is 18.4 Å². The quantitative estimate of drug-likeness (QED) is 0.669.